The summed E-state index contributed by atoms with van der Waals surface area (Å²) in [6, 6.07) is 0. The van der Waals surface area contributed by atoms with Gasteiger partial charge in [0.05, 0.1) is 6.33 Å². The summed E-state index contributed by atoms with van der Waals surface area (Å²) in [6.45, 7) is 5.65. The highest BCUT2D eigenvalue weighted by molar-refractivity contribution is 7.99. The van der Waals surface area contributed by atoms with E-state index in [0.29, 0.717) is 11.6 Å². The second kappa shape index (κ2) is 5.77. The van der Waals surface area contributed by atoms with Crippen molar-refractivity contribution in [3.05, 3.63) is 6.33 Å². The molecule has 0 radical (unpaired) electrons. The number of hydrogen-bond acceptors (Lipinski definition) is 5. The van der Waals surface area contributed by atoms with Gasteiger partial charge < -0.3 is 4.98 Å². The Balaban J connectivity index is 2.18. The van der Waals surface area contributed by atoms with Gasteiger partial charge in [0, 0.05) is 0 Å². The fourth-order valence-corrected chi connectivity index (χ4v) is 2.47. The van der Waals surface area contributed by atoms with Crippen LogP contribution in [0.5, 0.6) is 0 Å². The minimum absolute atomic E-state index is 0.391. The van der Waals surface area contributed by atoms with E-state index in [1.54, 1.807) is 18.1 Å². The van der Waals surface area contributed by atoms with Crippen molar-refractivity contribution in [3.63, 3.8) is 0 Å². The molecule has 0 spiro atoms. The molecule has 0 saturated carbocycles. The van der Waals surface area contributed by atoms with E-state index < -0.39 is 0 Å². The number of H-pyrrole nitrogens is 1. The summed E-state index contributed by atoms with van der Waals surface area (Å²) in [6.07, 6.45) is 5.29. The van der Waals surface area contributed by atoms with Gasteiger partial charge in [-0.15, -0.1) is 11.8 Å². The quantitative estimate of drug-likeness (QED) is 0.370. The molecule has 0 aliphatic carbocycles. The number of fused-ring (bicyclic) bond motifs is 1. The first-order valence-corrected chi connectivity index (χ1v) is 6.64. The molecule has 0 aromatic carbocycles. The maximum absolute atomic E-state index is 4.34. The summed E-state index contributed by atoms with van der Waals surface area (Å²) in [5.74, 6) is 1.44. The van der Waals surface area contributed by atoms with Gasteiger partial charge in [0.2, 0.25) is 0 Å². The maximum atomic E-state index is 4.34. The molecular formula is C11H15N5S. The Kier molecular flexibility index (Phi) is 4.08. The minimum Gasteiger partial charge on any atom is -0.341 e. The fraction of sp³-hybridized carbons (Fsp3) is 0.455. The van der Waals surface area contributed by atoms with Gasteiger partial charge in [-0.3, -0.25) is 0 Å². The van der Waals surface area contributed by atoms with Crippen LogP contribution in [-0.4, -0.2) is 32.4 Å². The SMILES string of the molecule is C=Nc1nc(SCCCCC)c2[nH]cnc2n1. The second-order valence-electron chi connectivity index (χ2n) is 3.64. The molecule has 17 heavy (non-hydrogen) atoms. The zero-order chi connectivity index (χ0) is 12.1. The maximum Gasteiger partial charge on any atom is 0.251 e. The highest BCUT2D eigenvalue weighted by Gasteiger charge is 2.09. The molecule has 0 amide bonds. The summed E-state index contributed by atoms with van der Waals surface area (Å²) < 4.78 is 0. The molecule has 2 rings (SSSR count). The van der Waals surface area contributed by atoms with Crippen molar-refractivity contribution in [1.82, 2.24) is 19.9 Å². The molecule has 5 nitrogen and oxygen atoms in total. The van der Waals surface area contributed by atoms with Crippen LogP contribution in [0.4, 0.5) is 5.95 Å². The van der Waals surface area contributed by atoms with E-state index in [0.717, 1.165) is 16.3 Å². The Morgan fingerprint density at radius 1 is 1.41 bits per heavy atom. The van der Waals surface area contributed by atoms with Crippen LogP contribution < -0.4 is 0 Å². The van der Waals surface area contributed by atoms with Crippen LogP contribution in [-0.2, 0) is 0 Å². The molecule has 90 valence electrons. The average molecular weight is 249 g/mol. The number of aromatic amines is 1. The molecule has 2 aromatic heterocycles. The molecule has 0 unspecified atom stereocenters. The molecule has 1 N–H and O–H groups in total. The van der Waals surface area contributed by atoms with Crippen LogP contribution >= 0.6 is 11.8 Å². The van der Waals surface area contributed by atoms with Crippen molar-refractivity contribution < 1.29 is 0 Å². The van der Waals surface area contributed by atoms with E-state index in [1.807, 2.05) is 0 Å². The molecule has 0 bridgehead atoms. The molecule has 0 atom stereocenters. The van der Waals surface area contributed by atoms with E-state index in [-0.39, 0.29) is 0 Å². The topological polar surface area (TPSA) is 66.8 Å². The zero-order valence-corrected chi connectivity index (χ0v) is 10.6. The Bertz CT molecular complexity index is 508. The number of nitrogens with one attached hydrogen (secondary N) is 1. The van der Waals surface area contributed by atoms with Crippen LogP contribution in [0.25, 0.3) is 11.2 Å². The molecule has 2 aromatic rings. The van der Waals surface area contributed by atoms with E-state index in [1.165, 1.54) is 19.3 Å². The second-order valence-corrected chi connectivity index (χ2v) is 4.73. The van der Waals surface area contributed by atoms with E-state index in [9.17, 15) is 0 Å². The molecule has 0 aliphatic rings. The van der Waals surface area contributed by atoms with Gasteiger partial charge >= 0.3 is 0 Å². The predicted molar refractivity (Wildman–Crippen MR) is 71.1 cm³/mol. The third-order valence-electron chi connectivity index (χ3n) is 2.37. The van der Waals surface area contributed by atoms with Crippen LogP contribution in [0.1, 0.15) is 26.2 Å². The standard InChI is InChI=1S/C11H15N5S/c1-3-4-5-6-17-10-8-9(14-7-13-8)15-11(12-2)16-10/h7H,2-6H2,1H3,(H,13,14,15,16). The lowest BCUT2D eigenvalue weighted by Crippen LogP contribution is -1.89. The Morgan fingerprint density at radius 2 is 2.29 bits per heavy atom. The van der Waals surface area contributed by atoms with Crippen molar-refractivity contribution >= 4 is 35.6 Å². The summed E-state index contributed by atoms with van der Waals surface area (Å²) >= 11 is 1.71. The van der Waals surface area contributed by atoms with Gasteiger partial charge in [0.1, 0.15) is 10.5 Å². The molecular weight excluding hydrogens is 234 g/mol. The van der Waals surface area contributed by atoms with Gasteiger partial charge in [-0.2, -0.15) is 4.98 Å². The Hall–Kier alpha value is -1.43. The van der Waals surface area contributed by atoms with Crippen molar-refractivity contribution in [1.29, 1.82) is 0 Å². The number of rotatable bonds is 6. The molecule has 6 heteroatoms. The van der Waals surface area contributed by atoms with Crippen molar-refractivity contribution in [2.24, 2.45) is 4.99 Å². The van der Waals surface area contributed by atoms with E-state index in [2.05, 4.69) is 38.6 Å². The number of unbranched alkanes of at least 4 members (excludes halogenated alkanes) is 2. The first-order valence-electron chi connectivity index (χ1n) is 5.65. The van der Waals surface area contributed by atoms with Gasteiger partial charge in [-0.25, -0.2) is 15.0 Å². The summed E-state index contributed by atoms with van der Waals surface area (Å²) in [5.41, 5.74) is 1.54. The fourth-order valence-electron chi connectivity index (χ4n) is 1.49. The molecule has 0 saturated heterocycles. The third-order valence-corrected chi connectivity index (χ3v) is 3.43. The minimum atomic E-state index is 0.391. The highest BCUT2D eigenvalue weighted by Crippen LogP contribution is 2.25. The van der Waals surface area contributed by atoms with Crippen LogP contribution in [0.3, 0.4) is 0 Å². The third kappa shape index (κ3) is 2.82. The Labute approximate surface area is 104 Å². The van der Waals surface area contributed by atoms with Crippen LogP contribution in [0.15, 0.2) is 16.3 Å². The van der Waals surface area contributed by atoms with Gasteiger partial charge in [0.15, 0.2) is 5.65 Å². The zero-order valence-electron chi connectivity index (χ0n) is 9.81. The van der Waals surface area contributed by atoms with Crippen LogP contribution in [0, 0.1) is 0 Å². The average Bonchev–Trinajstić information content (AvgIpc) is 2.82. The first kappa shape index (κ1) is 12.0. The monoisotopic (exact) mass is 249 g/mol. The highest BCUT2D eigenvalue weighted by atomic mass is 32.2. The number of nitrogens with zero attached hydrogens (tertiary/aromatic N) is 4. The van der Waals surface area contributed by atoms with Gasteiger partial charge in [-0.1, -0.05) is 19.8 Å². The van der Waals surface area contributed by atoms with Crippen LogP contribution in [0.2, 0.25) is 0 Å². The normalized spacial score (nSPS) is 10.9. The smallest absolute Gasteiger partial charge is 0.251 e. The number of aromatic nitrogens is 4. The lowest BCUT2D eigenvalue weighted by molar-refractivity contribution is 0.778. The summed E-state index contributed by atoms with van der Waals surface area (Å²) in [7, 11) is 0. The molecule has 0 aliphatic heterocycles. The van der Waals surface area contributed by atoms with E-state index in [4.69, 9.17) is 0 Å². The predicted octanol–water partition coefficient (Wildman–Crippen LogP) is 2.97. The van der Waals surface area contributed by atoms with Crippen molar-refractivity contribution in [3.8, 4) is 0 Å². The Morgan fingerprint density at radius 3 is 3.06 bits per heavy atom. The van der Waals surface area contributed by atoms with Gasteiger partial charge in [0.25, 0.3) is 5.95 Å². The van der Waals surface area contributed by atoms with Crippen molar-refractivity contribution in [2.45, 2.75) is 31.2 Å². The lowest BCUT2D eigenvalue weighted by Gasteiger charge is -2.02. The molecule has 2 heterocycles. The first-order chi connectivity index (χ1) is 8.35. The number of hydrogen-bond donors (Lipinski definition) is 1. The van der Waals surface area contributed by atoms with Gasteiger partial charge in [-0.05, 0) is 18.9 Å². The number of aliphatic imine (C=N–C) groups is 1. The molecule has 0 fully saturated rings. The lowest BCUT2D eigenvalue weighted by atomic mass is 10.3. The number of thioether (sulfide) groups is 1. The largest absolute Gasteiger partial charge is 0.341 e. The summed E-state index contributed by atoms with van der Waals surface area (Å²) in [4.78, 5) is 19.5. The van der Waals surface area contributed by atoms with E-state index >= 15 is 0 Å². The summed E-state index contributed by atoms with van der Waals surface area (Å²) in [5, 5.41) is 0.908. The van der Waals surface area contributed by atoms with Crippen molar-refractivity contribution in [2.75, 3.05) is 5.75 Å². The number of imidazole rings is 1.